The van der Waals surface area contributed by atoms with Crippen molar-refractivity contribution < 1.29 is 4.79 Å². The fraction of sp³-hybridized carbons (Fsp3) is 0.423. The third kappa shape index (κ3) is 10.8. The molecule has 2 aromatic rings. The SMILES string of the molecule is O=Cc1ccc(NCCCCCCCCCCCC#Cc2ccc(Cl)cc2)cc1. The van der Waals surface area contributed by atoms with Crippen LogP contribution in [-0.4, -0.2) is 12.8 Å². The molecule has 0 bridgehead atoms. The number of benzene rings is 2. The molecule has 0 aromatic heterocycles. The van der Waals surface area contributed by atoms with Crippen LogP contribution in [0.2, 0.25) is 5.02 Å². The molecule has 2 nitrogen and oxygen atoms in total. The fourth-order valence-electron chi connectivity index (χ4n) is 3.19. The first-order valence-electron chi connectivity index (χ1n) is 10.8. The van der Waals surface area contributed by atoms with Crippen LogP contribution in [0.15, 0.2) is 48.5 Å². The molecule has 0 atom stereocenters. The van der Waals surface area contributed by atoms with Crippen molar-refractivity contribution in [3.63, 3.8) is 0 Å². The number of nitrogens with one attached hydrogen (secondary N) is 1. The molecular formula is C26H32ClNO. The van der Waals surface area contributed by atoms with Gasteiger partial charge in [0.15, 0.2) is 0 Å². The highest BCUT2D eigenvalue weighted by atomic mass is 35.5. The first-order chi connectivity index (χ1) is 14.3. The Morgan fingerprint density at radius 3 is 1.97 bits per heavy atom. The van der Waals surface area contributed by atoms with E-state index in [-0.39, 0.29) is 0 Å². The van der Waals surface area contributed by atoms with Crippen LogP contribution in [0.3, 0.4) is 0 Å². The summed E-state index contributed by atoms with van der Waals surface area (Å²) in [5.74, 6) is 6.45. The van der Waals surface area contributed by atoms with E-state index in [2.05, 4.69) is 17.2 Å². The van der Waals surface area contributed by atoms with E-state index in [0.717, 1.165) is 41.1 Å². The molecule has 0 saturated carbocycles. The summed E-state index contributed by atoms with van der Waals surface area (Å²) in [6.45, 7) is 0.998. The van der Waals surface area contributed by atoms with Gasteiger partial charge >= 0.3 is 0 Å². The Kier molecular flexibility index (Phi) is 11.7. The maximum absolute atomic E-state index is 10.6. The molecule has 0 spiro atoms. The van der Waals surface area contributed by atoms with Gasteiger partial charge in [-0.2, -0.15) is 0 Å². The van der Waals surface area contributed by atoms with Crippen molar-refractivity contribution in [3.8, 4) is 11.8 Å². The van der Waals surface area contributed by atoms with Gasteiger partial charge in [0.25, 0.3) is 0 Å². The first-order valence-corrected chi connectivity index (χ1v) is 11.2. The molecule has 0 saturated heterocycles. The highest BCUT2D eigenvalue weighted by Gasteiger charge is 1.95. The number of anilines is 1. The van der Waals surface area contributed by atoms with E-state index in [4.69, 9.17) is 11.6 Å². The largest absolute Gasteiger partial charge is 0.385 e. The summed E-state index contributed by atoms with van der Waals surface area (Å²) in [7, 11) is 0. The molecule has 3 heteroatoms. The molecule has 1 N–H and O–H groups in total. The number of rotatable bonds is 13. The van der Waals surface area contributed by atoms with Crippen LogP contribution in [0.1, 0.15) is 80.1 Å². The zero-order valence-corrected chi connectivity index (χ0v) is 18.0. The summed E-state index contributed by atoms with van der Waals surface area (Å²) in [6.07, 6.45) is 13.5. The second-order valence-corrected chi connectivity index (χ2v) is 7.84. The van der Waals surface area contributed by atoms with E-state index < -0.39 is 0 Å². The maximum atomic E-state index is 10.6. The Balaban J connectivity index is 1.36. The van der Waals surface area contributed by atoms with Crippen molar-refractivity contribution in [2.45, 2.75) is 64.2 Å². The Labute approximate surface area is 181 Å². The fourth-order valence-corrected chi connectivity index (χ4v) is 3.31. The summed E-state index contributed by atoms with van der Waals surface area (Å²) in [6, 6.07) is 15.3. The summed E-state index contributed by atoms with van der Waals surface area (Å²) in [5.41, 5.74) is 2.86. The molecule has 0 heterocycles. The standard InChI is InChI=1S/C26H32ClNO/c27-25-17-13-23(14-18-25)12-10-8-6-4-2-1-3-5-7-9-11-21-28-26-19-15-24(22-29)16-20-26/h13-20,22,28H,1-9,11,21H2. The molecular weight excluding hydrogens is 378 g/mol. The monoisotopic (exact) mass is 409 g/mol. The number of carbonyl (C=O) groups excluding carboxylic acids is 1. The van der Waals surface area contributed by atoms with Crippen LogP contribution < -0.4 is 5.32 Å². The normalized spacial score (nSPS) is 10.2. The second-order valence-electron chi connectivity index (χ2n) is 7.41. The lowest BCUT2D eigenvalue weighted by molar-refractivity contribution is 0.112. The topological polar surface area (TPSA) is 29.1 Å². The third-order valence-electron chi connectivity index (χ3n) is 4.93. The van der Waals surface area contributed by atoms with E-state index in [1.54, 1.807) is 0 Å². The van der Waals surface area contributed by atoms with E-state index in [0.29, 0.717) is 0 Å². The average Bonchev–Trinajstić information content (AvgIpc) is 2.75. The number of halogens is 1. The zero-order valence-electron chi connectivity index (χ0n) is 17.3. The molecule has 2 aromatic carbocycles. The minimum absolute atomic E-state index is 0.724. The summed E-state index contributed by atoms with van der Waals surface area (Å²) >= 11 is 5.87. The number of unbranched alkanes of at least 4 members (excludes halogenated alkanes) is 9. The number of aldehydes is 1. The van der Waals surface area contributed by atoms with Gasteiger partial charge in [-0.1, -0.05) is 68.4 Å². The lowest BCUT2D eigenvalue weighted by Crippen LogP contribution is -2.01. The molecule has 154 valence electrons. The van der Waals surface area contributed by atoms with E-state index in [9.17, 15) is 4.79 Å². The van der Waals surface area contributed by atoms with E-state index in [1.807, 2.05) is 48.5 Å². The lowest BCUT2D eigenvalue weighted by Gasteiger charge is -2.06. The Bertz CT molecular complexity index is 756. The van der Waals surface area contributed by atoms with Crippen LogP contribution in [0.25, 0.3) is 0 Å². The second kappa shape index (κ2) is 14.7. The van der Waals surface area contributed by atoms with Gasteiger partial charge in [0.05, 0.1) is 0 Å². The van der Waals surface area contributed by atoms with Crippen molar-refractivity contribution in [2.24, 2.45) is 0 Å². The van der Waals surface area contributed by atoms with Gasteiger partial charge in [0.1, 0.15) is 6.29 Å². The Hall–Kier alpha value is -2.24. The highest BCUT2D eigenvalue weighted by Crippen LogP contribution is 2.12. The van der Waals surface area contributed by atoms with Crippen LogP contribution in [0.4, 0.5) is 5.69 Å². The van der Waals surface area contributed by atoms with Gasteiger partial charge in [0, 0.05) is 34.8 Å². The van der Waals surface area contributed by atoms with Crippen molar-refractivity contribution in [2.75, 3.05) is 11.9 Å². The van der Waals surface area contributed by atoms with Gasteiger partial charge in [-0.25, -0.2) is 0 Å². The summed E-state index contributed by atoms with van der Waals surface area (Å²) in [5, 5.41) is 4.17. The third-order valence-corrected chi connectivity index (χ3v) is 5.18. The Morgan fingerprint density at radius 1 is 0.759 bits per heavy atom. The molecule has 0 aliphatic rings. The quantitative estimate of drug-likeness (QED) is 0.210. The van der Waals surface area contributed by atoms with Crippen molar-refractivity contribution in [1.82, 2.24) is 0 Å². The van der Waals surface area contributed by atoms with Gasteiger partial charge in [0.2, 0.25) is 0 Å². The Morgan fingerprint density at radius 2 is 1.34 bits per heavy atom. The van der Waals surface area contributed by atoms with Gasteiger partial charge in [-0.15, -0.1) is 0 Å². The predicted molar refractivity (Wildman–Crippen MR) is 125 cm³/mol. The lowest BCUT2D eigenvalue weighted by atomic mass is 10.1. The number of hydrogen-bond acceptors (Lipinski definition) is 2. The molecule has 0 amide bonds. The predicted octanol–water partition coefficient (Wildman–Crippen LogP) is 7.52. The molecule has 0 fully saturated rings. The average molecular weight is 410 g/mol. The van der Waals surface area contributed by atoms with Gasteiger partial charge in [-0.05, 0) is 61.4 Å². The maximum Gasteiger partial charge on any atom is 0.150 e. The molecule has 2 rings (SSSR count). The van der Waals surface area contributed by atoms with Crippen molar-refractivity contribution in [3.05, 3.63) is 64.7 Å². The highest BCUT2D eigenvalue weighted by molar-refractivity contribution is 6.30. The van der Waals surface area contributed by atoms with Crippen LogP contribution in [0.5, 0.6) is 0 Å². The molecule has 29 heavy (non-hydrogen) atoms. The first kappa shape index (κ1) is 23.0. The zero-order chi connectivity index (χ0) is 20.6. The van der Waals surface area contributed by atoms with Crippen LogP contribution in [0, 0.1) is 11.8 Å². The molecule has 0 unspecified atom stereocenters. The van der Waals surface area contributed by atoms with Gasteiger partial charge in [-0.3, -0.25) is 4.79 Å². The van der Waals surface area contributed by atoms with Crippen molar-refractivity contribution in [1.29, 1.82) is 0 Å². The van der Waals surface area contributed by atoms with Crippen LogP contribution in [-0.2, 0) is 0 Å². The van der Waals surface area contributed by atoms with E-state index >= 15 is 0 Å². The van der Waals surface area contributed by atoms with Gasteiger partial charge < -0.3 is 5.32 Å². The summed E-state index contributed by atoms with van der Waals surface area (Å²) in [4.78, 5) is 10.6. The van der Waals surface area contributed by atoms with Crippen LogP contribution >= 0.6 is 11.6 Å². The smallest absolute Gasteiger partial charge is 0.150 e. The minimum Gasteiger partial charge on any atom is -0.385 e. The number of hydrogen-bond donors (Lipinski definition) is 1. The molecule has 0 aliphatic carbocycles. The minimum atomic E-state index is 0.724. The van der Waals surface area contributed by atoms with Crippen molar-refractivity contribution >= 4 is 23.6 Å². The molecule has 0 aliphatic heterocycles. The van der Waals surface area contributed by atoms with E-state index in [1.165, 1.54) is 57.8 Å². The number of carbonyl (C=O) groups is 1. The molecule has 0 radical (unpaired) electrons. The summed E-state index contributed by atoms with van der Waals surface area (Å²) < 4.78 is 0.